The van der Waals surface area contributed by atoms with Gasteiger partial charge in [0.1, 0.15) is 0 Å². The van der Waals surface area contributed by atoms with Crippen LogP contribution in [0.4, 0.5) is 0 Å². The average molecular weight is 194 g/mol. The van der Waals surface area contributed by atoms with Gasteiger partial charge in [0.15, 0.2) is 0 Å². The number of hydrogen-bond donors (Lipinski definition) is 0. The summed E-state index contributed by atoms with van der Waals surface area (Å²) in [4.78, 5) is 3.40. The predicted molar refractivity (Wildman–Crippen MR) is 41.4 cm³/mol. The standard InChI is InChI=1S/C7H8BrN/c1-5-4-9-6(2)3-7(5)8/h3-4H,1-2H3/i1D3,2D3,3D,4D. The first-order valence-corrected chi connectivity index (χ1v) is 2.93. The number of rotatable bonds is 0. The minimum absolute atomic E-state index is 0.219. The summed E-state index contributed by atoms with van der Waals surface area (Å²) in [6.07, 6.45) is -0.654. The van der Waals surface area contributed by atoms with Gasteiger partial charge in [0, 0.05) is 24.6 Å². The van der Waals surface area contributed by atoms with Crippen LogP contribution in [-0.4, -0.2) is 4.98 Å². The second-order valence-corrected chi connectivity index (χ2v) is 2.18. The van der Waals surface area contributed by atoms with Crippen molar-refractivity contribution in [3.05, 3.63) is 27.9 Å². The Kier molecular flexibility index (Phi) is 0.501. The van der Waals surface area contributed by atoms with Crippen LogP contribution >= 0.6 is 15.9 Å². The zero-order chi connectivity index (χ0) is 13.6. The molecule has 1 aromatic heterocycles. The monoisotopic (exact) mass is 193 g/mol. The molecule has 0 radical (unpaired) electrons. The van der Waals surface area contributed by atoms with Crippen molar-refractivity contribution in [2.45, 2.75) is 13.7 Å². The Morgan fingerprint density at radius 3 is 3.33 bits per heavy atom. The minimum Gasteiger partial charge on any atom is -0.261 e. The molecule has 1 nitrogen and oxygen atoms in total. The van der Waals surface area contributed by atoms with Crippen molar-refractivity contribution >= 4 is 15.9 Å². The number of aryl methyl sites for hydroxylation is 1. The SMILES string of the molecule is [2H]c1nc(C([2H])([2H])[2H])c([2H])c(Br)c1C([2H])([2H])[2H]. The van der Waals surface area contributed by atoms with Crippen LogP contribution in [0, 0.1) is 13.7 Å². The van der Waals surface area contributed by atoms with E-state index in [1.165, 1.54) is 0 Å². The van der Waals surface area contributed by atoms with Crippen molar-refractivity contribution in [2.24, 2.45) is 0 Å². The first kappa shape index (κ1) is 1.82. The Bertz CT molecular complexity index is 449. The Labute approximate surface area is 74.5 Å². The van der Waals surface area contributed by atoms with E-state index >= 15 is 0 Å². The third-order valence-electron chi connectivity index (χ3n) is 0.727. The lowest BCUT2D eigenvalue weighted by Gasteiger charge is -1.95. The summed E-state index contributed by atoms with van der Waals surface area (Å²) in [7, 11) is 0. The Hall–Kier alpha value is -0.370. The predicted octanol–water partition coefficient (Wildman–Crippen LogP) is 2.46. The molecule has 2 heteroatoms. The van der Waals surface area contributed by atoms with E-state index in [0.29, 0.717) is 0 Å². The minimum atomic E-state index is -2.65. The molecule has 48 valence electrons. The first-order valence-electron chi connectivity index (χ1n) is 6.14. The number of halogens is 1. The van der Waals surface area contributed by atoms with E-state index in [4.69, 9.17) is 11.0 Å². The van der Waals surface area contributed by atoms with Crippen LogP contribution < -0.4 is 0 Å². The average Bonchev–Trinajstić information content (AvgIpc) is 2.07. The van der Waals surface area contributed by atoms with E-state index in [-0.39, 0.29) is 4.47 Å². The molecule has 0 spiro atoms. The molecule has 0 saturated heterocycles. The molecule has 0 aliphatic carbocycles. The molecule has 1 rings (SSSR count). The van der Waals surface area contributed by atoms with E-state index in [0.717, 1.165) is 0 Å². The van der Waals surface area contributed by atoms with Crippen LogP contribution in [0.25, 0.3) is 0 Å². The fourth-order valence-corrected chi connectivity index (χ4v) is 0.632. The van der Waals surface area contributed by atoms with Crippen molar-refractivity contribution in [1.29, 1.82) is 0 Å². The number of nitrogens with zero attached hydrogens (tertiary/aromatic N) is 1. The van der Waals surface area contributed by atoms with Crippen molar-refractivity contribution in [3.63, 3.8) is 0 Å². The molecule has 0 N–H and O–H groups in total. The largest absolute Gasteiger partial charge is 0.261 e. The van der Waals surface area contributed by atoms with Crippen LogP contribution in [0.2, 0.25) is 0 Å². The molecular weight excluding hydrogens is 178 g/mol. The normalized spacial score (nSPS) is 25.4. The highest BCUT2D eigenvalue weighted by molar-refractivity contribution is 9.10. The van der Waals surface area contributed by atoms with E-state index in [9.17, 15) is 0 Å². The fraction of sp³-hybridized carbons (Fsp3) is 0.286. The fourth-order valence-electron chi connectivity index (χ4n) is 0.355. The second kappa shape index (κ2) is 2.48. The maximum atomic E-state index is 7.57. The van der Waals surface area contributed by atoms with Gasteiger partial charge in [-0.05, 0) is 25.3 Å². The quantitative estimate of drug-likeness (QED) is 0.618. The van der Waals surface area contributed by atoms with Gasteiger partial charge in [-0.3, -0.25) is 4.98 Å². The summed E-state index contributed by atoms with van der Waals surface area (Å²) in [6, 6.07) is -0.521. The van der Waals surface area contributed by atoms with Crippen molar-refractivity contribution in [1.82, 2.24) is 4.98 Å². The summed E-state index contributed by atoms with van der Waals surface area (Å²) in [5, 5.41) is 0. The van der Waals surface area contributed by atoms with Gasteiger partial charge in [-0.1, -0.05) is 15.9 Å². The molecular formula is C7H8BrN. The molecule has 0 fully saturated rings. The number of aromatic nitrogens is 1. The lowest BCUT2D eigenvalue weighted by atomic mass is 10.3. The van der Waals surface area contributed by atoms with Crippen LogP contribution in [0.5, 0.6) is 0 Å². The summed E-state index contributed by atoms with van der Waals surface area (Å²) in [5.74, 6) is 0. The van der Waals surface area contributed by atoms with Crippen LogP contribution in [0.3, 0.4) is 0 Å². The summed E-state index contributed by atoms with van der Waals surface area (Å²) in [5.41, 5.74) is -1.03. The van der Waals surface area contributed by atoms with E-state index in [1.54, 1.807) is 0 Å². The third kappa shape index (κ3) is 1.52. The highest BCUT2D eigenvalue weighted by atomic mass is 79.9. The highest BCUT2D eigenvalue weighted by Gasteiger charge is 1.92. The van der Waals surface area contributed by atoms with Crippen molar-refractivity contribution in [3.8, 4) is 0 Å². The van der Waals surface area contributed by atoms with Gasteiger partial charge in [0.2, 0.25) is 0 Å². The zero-order valence-electron chi connectivity index (χ0n) is 12.3. The third-order valence-corrected chi connectivity index (χ3v) is 1.32. The molecule has 0 amide bonds. The van der Waals surface area contributed by atoms with E-state index < -0.39 is 37.2 Å². The molecule has 9 heavy (non-hydrogen) atoms. The van der Waals surface area contributed by atoms with Crippen LogP contribution in [0.1, 0.15) is 22.2 Å². The Morgan fingerprint density at radius 1 is 1.78 bits per heavy atom. The van der Waals surface area contributed by atoms with Gasteiger partial charge in [-0.15, -0.1) is 0 Å². The van der Waals surface area contributed by atoms with Gasteiger partial charge < -0.3 is 0 Å². The molecule has 0 aliphatic rings. The second-order valence-electron chi connectivity index (χ2n) is 1.39. The smallest absolute Gasteiger partial charge is 0.0843 e. The molecule has 1 heterocycles. The molecule has 0 unspecified atom stereocenters. The summed E-state index contributed by atoms with van der Waals surface area (Å²) in [6.45, 7) is -5.27. The lowest BCUT2D eigenvalue weighted by Crippen LogP contribution is -1.82. The van der Waals surface area contributed by atoms with Gasteiger partial charge in [-0.25, -0.2) is 0 Å². The molecule has 1 aromatic rings. The maximum absolute atomic E-state index is 7.57. The number of hydrogen-bond acceptors (Lipinski definition) is 1. The van der Waals surface area contributed by atoms with Gasteiger partial charge in [-0.2, -0.15) is 0 Å². The number of pyridine rings is 1. The summed E-state index contributed by atoms with van der Waals surface area (Å²) < 4.78 is 57.8. The lowest BCUT2D eigenvalue weighted by molar-refractivity contribution is 1.16. The highest BCUT2D eigenvalue weighted by Crippen LogP contribution is 2.14. The van der Waals surface area contributed by atoms with Gasteiger partial charge in [0.05, 0.1) is 2.74 Å². The summed E-state index contributed by atoms with van der Waals surface area (Å²) >= 11 is 2.85. The molecule has 0 aromatic carbocycles. The first-order chi connectivity index (χ1) is 7.46. The van der Waals surface area contributed by atoms with E-state index in [2.05, 4.69) is 20.9 Å². The van der Waals surface area contributed by atoms with Crippen molar-refractivity contribution < 1.29 is 11.0 Å². The van der Waals surface area contributed by atoms with Crippen molar-refractivity contribution in [2.75, 3.05) is 0 Å². The van der Waals surface area contributed by atoms with Crippen LogP contribution in [0.15, 0.2) is 16.7 Å². The van der Waals surface area contributed by atoms with Gasteiger partial charge in [0.25, 0.3) is 0 Å². The Morgan fingerprint density at radius 2 is 2.67 bits per heavy atom. The topological polar surface area (TPSA) is 12.9 Å². The van der Waals surface area contributed by atoms with Crippen LogP contribution in [-0.2, 0) is 0 Å². The molecule has 0 aliphatic heterocycles. The zero-order valence-corrected chi connectivity index (χ0v) is 5.91. The van der Waals surface area contributed by atoms with Gasteiger partial charge >= 0.3 is 0 Å². The maximum Gasteiger partial charge on any atom is 0.0843 e. The molecule has 0 saturated carbocycles. The molecule has 0 atom stereocenters. The van der Waals surface area contributed by atoms with E-state index in [1.807, 2.05) is 0 Å². The molecule has 0 bridgehead atoms. The Balaban J connectivity index is 3.60.